The van der Waals surface area contributed by atoms with E-state index in [0.717, 1.165) is 0 Å². The van der Waals surface area contributed by atoms with E-state index in [2.05, 4.69) is 40.3 Å². The van der Waals surface area contributed by atoms with Crippen LogP contribution in [-0.4, -0.2) is 62.3 Å². The molecule has 2 N–H and O–H groups in total. The zero-order valence-corrected chi connectivity index (χ0v) is 19.8. The molecular formula is C21H22N10O3S. The van der Waals surface area contributed by atoms with Crippen LogP contribution in [0.5, 0.6) is 0 Å². The molecule has 1 aliphatic rings. The van der Waals surface area contributed by atoms with E-state index in [1.54, 1.807) is 17.7 Å². The number of rotatable bonds is 7. The molecule has 5 rings (SSSR count). The molecule has 0 spiro atoms. The fourth-order valence-electron chi connectivity index (χ4n) is 3.68. The van der Waals surface area contributed by atoms with Crippen molar-refractivity contribution in [3.8, 4) is 0 Å². The van der Waals surface area contributed by atoms with Crippen LogP contribution in [0.15, 0.2) is 47.8 Å². The molecule has 4 heterocycles. The first-order chi connectivity index (χ1) is 16.8. The number of benzene rings is 1. The molecule has 3 aromatic heterocycles. The molecule has 180 valence electrons. The molecule has 0 atom stereocenters. The van der Waals surface area contributed by atoms with Crippen LogP contribution in [0.4, 0.5) is 17.5 Å². The Kier molecular flexibility index (Phi) is 5.72. The third-order valence-corrected chi connectivity index (χ3v) is 6.93. The summed E-state index contributed by atoms with van der Waals surface area (Å²) in [6.45, 7) is 5.29. The third-order valence-electron chi connectivity index (χ3n) is 5.58. The van der Waals surface area contributed by atoms with Gasteiger partial charge in [-0.05, 0) is 44.2 Å². The van der Waals surface area contributed by atoms with Crippen molar-refractivity contribution in [2.45, 2.75) is 25.3 Å². The second kappa shape index (κ2) is 8.87. The van der Waals surface area contributed by atoms with E-state index in [9.17, 15) is 13.2 Å². The number of aryl methyl sites for hydroxylation is 2. The van der Waals surface area contributed by atoms with Crippen molar-refractivity contribution >= 4 is 44.5 Å². The average Bonchev–Trinajstić information content (AvgIpc) is 3.22. The zero-order chi connectivity index (χ0) is 24.6. The standard InChI is InChI=1S/C21H22N10O3S/c1-3-31-19-17(27-29-31)18(23-12-24-19)30-10-14(11-30)20(32)26-15-4-6-16(7-5-15)35(33,34)28-21-22-9-8-13(2)25-21/h4-9,12,14H,3,10-11H2,1-2H3,(H,26,32)(H,22,25,28). The molecule has 0 unspecified atom stereocenters. The highest BCUT2D eigenvalue weighted by molar-refractivity contribution is 7.92. The Balaban J connectivity index is 1.20. The molecule has 14 heteroatoms. The number of carbonyl (C=O) groups is 1. The molecule has 35 heavy (non-hydrogen) atoms. The first kappa shape index (κ1) is 22.6. The SMILES string of the molecule is CCn1nnc2c(N3CC(C(=O)Nc4ccc(S(=O)(=O)Nc5nccc(C)n5)cc4)C3)ncnc21. The summed E-state index contributed by atoms with van der Waals surface area (Å²) >= 11 is 0. The van der Waals surface area contributed by atoms with Crippen LogP contribution in [0.2, 0.25) is 0 Å². The quantitative estimate of drug-likeness (QED) is 0.382. The van der Waals surface area contributed by atoms with Crippen molar-refractivity contribution in [2.75, 3.05) is 28.0 Å². The van der Waals surface area contributed by atoms with Gasteiger partial charge in [0.25, 0.3) is 10.0 Å². The van der Waals surface area contributed by atoms with Crippen LogP contribution in [0, 0.1) is 12.8 Å². The van der Waals surface area contributed by atoms with E-state index in [4.69, 9.17) is 0 Å². The summed E-state index contributed by atoms with van der Waals surface area (Å²) in [5.74, 6) is 0.240. The van der Waals surface area contributed by atoms with Gasteiger partial charge in [-0.1, -0.05) is 5.21 Å². The number of hydrogen-bond donors (Lipinski definition) is 2. The predicted molar refractivity (Wildman–Crippen MR) is 127 cm³/mol. The van der Waals surface area contributed by atoms with Gasteiger partial charge in [-0.2, -0.15) is 0 Å². The summed E-state index contributed by atoms with van der Waals surface area (Å²) in [5, 5.41) is 11.1. The lowest BCUT2D eigenvalue weighted by Crippen LogP contribution is -2.52. The number of anilines is 3. The molecule has 1 fully saturated rings. The minimum absolute atomic E-state index is 0.00452. The number of nitrogens with one attached hydrogen (secondary N) is 2. The number of fused-ring (bicyclic) bond motifs is 1. The van der Waals surface area contributed by atoms with Gasteiger partial charge in [0.15, 0.2) is 17.0 Å². The van der Waals surface area contributed by atoms with Gasteiger partial charge in [0.1, 0.15) is 6.33 Å². The highest BCUT2D eigenvalue weighted by Gasteiger charge is 2.35. The van der Waals surface area contributed by atoms with Gasteiger partial charge in [0, 0.05) is 37.2 Å². The van der Waals surface area contributed by atoms with Gasteiger partial charge in [-0.3, -0.25) is 4.79 Å². The van der Waals surface area contributed by atoms with Crippen LogP contribution in [0.1, 0.15) is 12.6 Å². The number of amides is 1. The molecule has 0 bridgehead atoms. The normalized spacial score (nSPS) is 14.1. The largest absolute Gasteiger partial charge is 0.353 e. The fraction of sp³-hybridized carbons (Fsp3) is 0.286. The molecule has 1 amide bonds. The minimum atomic E-state index is -3.86. The Morgan fingerprint density at radius 3 is 2.60 bits per heavy atom. The van der Waals surface area contributed by atoms with E-state index in [0.29, 0.717) is 48.0 Å². The zero-order valence-electron chi connectivity index (χ0n) is 19.0. The van der Waals surface area contributed by atoms with E-state index in [-0.39, 0.29) is 22.7 Å². The molecule has 1 saturated heterocycles. The molecule has 4 aromatic rings. The van der Waals surface area contributed by atoms with Gasteiger partial charge < -0.3 is 10.2 Å². The Labute approximate surface area is 200 Å². The van der Waals surface area contributed by atoms with Crippen LogP contribution >= 0.6 is 0 Å². The van der Waals surface area contributed by atoms with E-state index < -0.39 is 10.0 Å². The lowest BCUT2D eigenvalue weighted by molar-refractivity contribution is -0.120. The third kappa shape index (κ3) is 4.47. The van der Waals surface area contributed by atoms with Crippen molar-refractivity contribution in [3.63, 3.8) is 0 Å². The lowest BCUT2D eigenvalue weighted by Gasteiger charge is -2.38. The molecular weight excluding hydrogens is 472 g/mol. The van der Waals surface area contributed by atoms with Crippen molar-refractivity contribution in [2.24, 2.45) is 5.92 Å². The summed E-state index contributed by atoms with van der Waals surface area (Å²) in [7, 11) is -3.86. The Hall–Kier alpha value is -4.20. The molecule has 0 saturated carbocycles. The number of aromatic nitrogens is 7. The van der Waals surface area contributed by atoms with Gasteiger partial charge in [-0.25, -0.2) is 37.8 Å². The first-order valence-corrected chi connectivity index (χ1v) is 12.3. The highest BCUT2D eigenvalue weighted by atomic mass is 32.2. The summed E-state index contributed by atoms with van der Waals surface area (Å²) in [4.78, 5) is 31.2. The van der Waals surface area contributed by atoms with Crippen LogP contribution in [0.25, 0.3) is 11.2 Å². The first-order valence-electron chi connectivity index (χ1n) is 10.9. The number of hydrogen-bond acceptors (Lipinski definition) is 10. The maximum atomic E-state index is 12.7. The minimum Gasteiger partial charge on any atom is -0.353 e. The predicted octanol–water partition coefficient (Wildman–Crippen LogP) is 1.22. The van der Waals surface area contributed by atoms with Crippen LogP contribution < -0.4 is 14.9 Å². The van der Waals surface area contributed by atoms with E-state index in [1.165, 1.54) is 36.8 Å². The smallest absolute Gasteiger partial charge is 0.264 e. The monoisotopic (exact) mass is 494 g/mol. The Morgan fingerprint density at radius 2 is 1.89 bits per heavy atom. The van der Waals surface area contributed by atoms with Gasteiger partial charge in [-0.15, -0.1) is 5.10 Å². The number of nitrogens with zero attached hydrogens (tertiary/aromatic N) is 8. The van der Waals surface area contributed by atoms with Gasteiger partial charge in [0.05, 0.1) is 10.8 Å². The average molecular weight is 495 g/mol. The van der Waals surface area contributed by atoms with Crippen molar-refractivity contribution in [3.05, 3.63) is 48.5 Å². The maximum Gasteiger partial charge on any atom is 0.264 e. The van der Waals surface area contributed by atoms with Crippen molar-refractivity contribution < 1.29 is 13.2 Å². The van der Waals surface area contributed by atoms with Gasteiger partial charge in [0.2, 0.25) is 11.9 Å². The van der Waals surface area contributed by atoms with E-state index >= 15 is 0 Å². The molecule has 0 aliphatic carbocycles. The lowest BCUT2D eigenvalue weighted by atomic mass is 9.99. The molecule has 1 aromatic carbocycles. The summed E-state index contributed by atoms with van der Waals surface area (Å²) in [5.41, 5.74) is 2.40. The number of sulfonamides is 1. The van der Waals surface area contributed by atoms with E-state index in [1.807, 2.05) is 11.8 Å². The topological polar surface area (TPSA) is 161 Å². The Morgan fingerprint density at radius 1 is 1.11 bits per heavy atom. The second-order valence-electron chi connectivity index (χ2n) is 8.02. The second-order valence-corrected chi connectivity index (χ2v) is 9.70. The van der Waals surface area contributed by atoms with Gasteiger partial charge >= 0.3 is 0 Å². The maximum absolute atomic E-state index is 12.7. The summed E-state index contributed by atoms with van der Waals surface area (Å²) < 4.78 is 29.2. The number of carbonyl (C=O) groups excluding carboxylic acids is 1. The highest BCUT2D eigenvalue weighted by Crippen LogP contribution is 2.28. The summed E-state index contributed by atoms with van der Waals surface area (Å²) in [6, 6.07) is 7.57. The van der Waals surface area contributed by atoms with Crippen LogP contribution in [-0.2, 0) is 21.4 Å². The molecule has 13 nitrogen and oxygen atoms in total. The van der Waals surface area contributed by atoms with Crippen molar-refractivity contribution in [1.29, 1.82) is 0 Å². The summed E-state index contributed by atoms with van der Waals surface area (Å²) in [6.07, 6.45) is 2.94. The fourth-order valence-corrected chi connectivity index (χ4v) is 4.63. The van der Waals surface area contributed by atoms with Crippen LogP contribution in [0.3, 0.4) is 0 Å². The van der Waals surface area contributed by atoms with Crippen molar-refractivity contribution in [1.82, 2.24) is 34.9 Å². The molecule has 0 radical (unpaired) electrons. The Bertz CT molecular complexity index is 1500. The molecule has 1 aliphatic heterocycles.